The number of carbonyl (C=O) groups excluding carboxylic acids is 2. The lowest BCUT2D eigenvalue weighted by Crippen LogP contribution is -2.12. The zero-order valence-electron chi connectivity index (χ0n) is 15.7. The highest BCUT2D eigenvalue weighted by Gasteiger charge is 2.12. The van der Waals surface area contributed by atoms with E-state index in [1.807, 2.05) is 48.5 Å². The minimum absolute atomic E-state index is 0.132. The average Bonchev–Trinajstić information content (AvgIpc) is 3.39. The van der Waals surface area contributed by atoms with Crippen LogP contribution in [0, 0.1) is 0 Å². The van der Waals surface area contributed by atoms with Crippen molar-refractivity contribution in [3.8, 4) is 11.3 Å². The fourth-order valence-corrected chi connectivity index (χ4v) is 3.89. The van der Waals surface area contributed by atoms with Crippen LogP contribution < -0.4 is 5.32 Å². The molecule has 2 heterocycles. The second-order valence-electron chi connectivity index (χ2n) is 6.39. The molecule has 0 unspecified atom stereocenters. The molecule has 1 amide bonds. The highest BCUT2D eigenvalue weighted by Crippen LogP contribution is 2.28. The van der Waals surface area contributed by atoms with Crippen molar-refractivity contribution in [3.05, 3.63) is 71.6 Å². The van der Waals surface area contributed by atoms with Crippen LogP contribution in [0.4, 0.5) is 5.69 Å². The number of carbonyl (C=O) groups is 2. The van der Waals surface area contributed by atoms with Crippen LogP contribution in [-0.2, 0) is 16.0 Å². The van der Waals surface area contributed by atoms with E-state index in [-0.39, 0.29) is 18.3 Å². The van der Waals surface area contributed by atoms with E-state index in [0.29, 0.717) is 28.6 Å². The normalized spacial score (nSPS) is 10.8. The number of oxazole rings is 1. The van der Waals surface area contributed by atoms with Crippen molar-refractivity contribution in [1.82, 2.24) is 4.98 Å². The number of ether oxygens (including phenoxy) is 1. The number of nitrogens with one attached hydrogen (secondary N) is 1. The molecule has 0 aliphatic heterocycles. The van der Waals surface area contributed by atoms with Crippen molar-refractivity contribution in [2.45, 2.75) is 12.8 Å². The molecule has 0 atom stereocenters. The summed E-state index contributed by atoms with van der Waals surface area (Å²) in [7, 11) is 1.36. The number of hydrogen-bond donors (Lipinski definition) is 1. The first-order chi connectivity index (χ1) is 14.1. The van der Waals surface area contributed by atoms with Crippen LogP contribution in [0.2, 0.25) is 0 Å². The molecule has 2 aromatic heterocycles. The summed E-state index contributed by atoms with van der Waals surface area (Å²) in [6.07, 6.45) is 2.33. The van der Waals surface area contributed by atoms with E-state index in [1.165, 1.54) is 18.4 Å². The van der Waals surface area contributed by atoms with Gasteiger partial charge in [-0.2, -0.15) is 0 Å². The number of benzene rings is 2. The summed E-state index contributed by atoms with van der Waals surface area (Å²) >= 11 is 1.36. The molecule has 6 nitrogen and oxygen atoms in total. The third-order valence-corrected chi connectivity index (χ3v) is 5.46. The summed E-state index contributed by atoms with van der Waals surface area (Å²) < 4.78 is 11.4. The zero-order valence-corrected chi connectivity index (χ0v) is 16.5. The SMILES string of the molecule is COC(=O)c1cc2cc(NC(=O)CCc3ncc(-c4ccccc4)o3)ccc2s1. The minimum Gasteiger partial charge on any atom is -0.465 e. The predicted molar refractivity (Wildman–Crippen MR) is 112 cm³/mol. The number of methoxy groups -OCH3 is 1. The molecule has 0 saturated heterocycles. The van der Waals surface area contributed by atoms with Gasteiger partial charge in [-0.05, 0) is 29.7 Å². The first-order valence-corrected chi connectivity index (χ1v) is 9.86. The van der Waals surface area contributed by atoms with Gasteiger partial charge in [0.15, 0.2) is 11.7 Å². The lowest BCUT2D eigenvalue weighted by molar-refractivity contribution is -0.116. The molecule has 4 rings (SSSR count). The summed E-state index contributed by atoms with van der Waals surface area (Å²) in [5.41, 5.74) is 1.63. The Kier molecular flexibility index (Phi) is 5.39. The number of fused-ring (bicyclic) bond motifs is 1. The number of hydrogen-bond acceptors (Lipinski definition) is 6. The molecule has 0 saturated carbocycles. The van der Waals surface area contributed by atoms with Gasteiger partial charge in [0.2, 0.25) is 5.91 Å². The van der Waals surface area contributed by atoms with Crippen LogP contribution in [-0.4, -0.2) is 24.0 Å². The topological polar surface area (TPSA) is 81.4 Å². The molecule has 0 bridgehead atoms. The second-order valence-corrected chi connectivity index (χ2v) is 7.47. The number of thiophene rings is 1. The summed E-state index contributed by atoms with van der Waals surface area (Å²) in [6.45, 7) is 0. The number of rotatable bonds is 6. The average molecular weight is 406 g/mol. The molecule has 7 heteroatoms. The van der Waals surface area contributed by atoms with E-state index in [4.69, 9.17) is 9.15 Å². The van der Waals surface area contributed by atoms with Gasteiger partial charge in [-0.3, -0.25) is 4.79 Å². The third-order valence-electron chi connectivity index (χ3n) is 4.36. The van der Waals surface area contributed by atoms with E-state index < -0.39 is 0 Å². The van der Waals surface area contributed by atoms with Crippen LogP contribution in [0.5, 0.6) is 0 Å². The van der Waals surface area contributed by atoms with Crippen LogP contribution in [0.15, 0.2) is 65.2 Å². The van der Waals surface area contributed by atoms with E-state index in [1.54, 1.807) is 12.3 Å². The van der Waals surface area contributed by atoms with Crippen molar-refractivity contribution >= 4 is 39.0 Å². The molecule has 0 fully saturated rings. The molecule has 0 spiro atoms. The molecule has 29 heavy (non-hydrogen) atoms. The highest BCUT2D eigenvalue weighted by molar-refractivity contribution is 7.20. The Morgan fingerprint density at radius 1 is 1.14 bits per heavy atom. The van der Waals surface area contributed by atoms with Crippen LogP contribution >= 0.6 is 11.3 Å². The smallest absolute Gasteiger partial charge is 0.348 e. The van der Waals surface area contributed by atoms with Crippen molar-refractivity contribution in [2.24, 2.45) is 0 Å². The van der Waals surface area contributed by atoms with Gasteiger partial charge in [0, 0.05) is 28.8 Å². The van der Waals surface area contributed by atoms with Gasteiger partial charge in [-0.25, -0.2) is 9.78 Å². The van der Waals surface area contributed by atoms with Gasteiger partial charge < -0.3 is 14.5 Å². The van der Waals surface area contributed by atoms with Gasteiger partial charge >= 0.3 is 5.97 Å². The highest BCUT2D eigenvalue weighted by atomic mass is 32.1. The quantitative estimate of drug-likeness (QED) is 0.460. The number of aromatic nitrogens is 1. The molecule has 1 N–H and O–H groups in total. The molecule has 0 radical (unpaired) electrons. The number of anilines is 1. The van der Waals surface area contributed by atoms with Crippen molar-refractivity contribution in [2.75, 3.05) is 12.4 Å². The standard InChI is InChI=1S/C22H18N2O4S/c1-27-22(26)19-12-15-11-16(7-8-18(15)29-19)24-20(25)9-10-21-23-13-17(28-21)14-5-3-2-4-6-14/h2-8,11-13H,9-10H2,1H3,(H,24,25). The number of esters is 1. The van der Waals surface area contributed by atoms with E-state index in [9.17, 15) is 9.59 Å². The summed E-state index contributed by atoms with van der Waals surface area (Å²) in [6, 6.07) is 17.0. The Hall–Kier alpha value is -3.45. The maximum absolute atomic E-state index is 12.3. The largest absolute Gasteiger partial charge is 0.465 e. The fraction of sp³-hybridized carbons (Fsp3) is 0.136. The van der Waals surface area contributed by atoms with Gasteiger partial charge in [0.05, 0.1) is 13.3 Å². The van der Waals surface area contributed by atoms with E-state index >= 15 is 0 Å². The van der Waals surface area contributed by atoms with E-state index in [0.717, 1.165) is 15.6 Å². The summed E-state index contributed by atoms with van der Waals surface area (Å²) in [5, 5.41) is 3.76. The Bertz CT molecular complexity index is 1160. The maximum atomic E-state index is 12.3. The fourth-order valence-electron chi connectivity index (χ4n) is 2.93. The summed E-state index contributed by atoms with van der Waals surface area (Å²) in [5.74, 6) is 0.713. The number of aryl methyl sites for hydroxylation is 1. The molecule has 0 aliphatic rings. The Morgan fingerprint density at radius 3 is 2.76 bits per heavy atom. The minimum atomic E-state index is -0.363. The van der Waals surface area contributed by atoms with Crippen molar-refractivity contribution < 1.29 is 18.7 Å². The van der Waals surface area contributed by atoms with Gasteiger partial charge in [0.1, 0.15) is 4.88 Å². The summed E-state index contributed by atoms with van der Waals surface area (Å²) in [4.78, 5) is 28.8. The Morgan fingerprint density at radius 2 is 1.97 bits per heavy atom. The zero-order chi connectivity index (χ0) is 20.2. The van der Waals surface area contributed by atoms with Crippen LogP contribution in [0.3, 0.4) is 0 Å². The van der Waals surface area contributed by atoms with Crippen molar-refractivity contribution in [3.63, 3.8) is 0 Å². The van der Waals surface area contributed by atoms with Gasteiger partial charge in [0.25, 0.3) is 0 Å². The third kappa shape index (κ3) is 4.35. The Labute approximate surface area is 171 Å². The molecule has 146 valence electrons. The molecular weight excluding hydrogens is 388 g/mol. The first kappa shape index (κ1) is 18.9. The van der Waals surface area contributed by atoms with E-state index in [2.05, 4.69) is 10.3 Å². The second kappa shape index (κ2) is 8.28. The number of amides is 1. The lowest BCUT2D eigenvalue weighted by Gasteiger charge is -2.04. The van der Waals surface area contributed by atoms with Crippen LogP contribution in [0.25, 0.3) is 21.4 Å². The molecule has 0 aliphatic carbocycles. The predicted octanol–water partition coefficient (Wildman–Crippen LogP) is 4.91. The van der Waals surface area contributed by atoms with Crippen molar-refractivity contribution in [1.29, 1.82) is 0 Å². The molecule has 4 aromatic rings. The van der Waals surface area contributed by atoms with Gasteiger partial charge in [-0.15, -0.1) is 11.3 Å². The maximum Gasteiger partial charge on any atom is 0.348 e. The molecule has 2 aromatic carbocycles. The molecular formula is C22H18N2O4S. The van der Waals surface area contributed by atoms with Crippen LogP contribution in [0.1, 0.15) is 22.0 Å². The lowest BCUT2D eigenvalue weighted by atomic mass is 10.2. The monoisotopic (exact) mass is 406 g/mol. The Balaban J connectivity index is 1.37. The number of nitrogens with zero attached hydrogens (tertiary/aromatic N) is 1. The first-order valence-electron chi connectivity index (χ1n) is 9.04. The van der Waals surface area contributed by atoms with Gasteiger partial charge in [-0.1, -0.05) is 30.3 Å².